The lowest BCUT2D eigenvalue weighted by atomic mass is 9.69. The lowest BCUT2D eigenvalue weighted by Gasteiger charge is -2.38. The van der Waals surface area contributed by atoms with E-state index < -0.39 is 11.4 Å². The maximum Gasteiger partial charge on any atom is 0.317 e. The van der Waals surface area contributed by atoms with Crippen LogP contribution in [-0.2, 0) is 4.79 Å². The molecule has 0 bridgehead atoms. The van der Waals surface area contributed by atoms with Crippen molar-refractivity contribution in [1.82, 2.24) is 10.2 Å². The standard InChI is InChI=1S/C13H19N3O3/c14-7-2-8-16(10-3-4-10)12(19)15-9-13(11(17)18)5-1-6-13/h10H,1-6,8-9H2,(H,15,19)(H,17,18). The highest BCUT2D eigenvalue weighted by atomic mass is 16.4. The van der Waals surface area contributed by atoms with E-state index in [1.165, 1.54) is 0 Å². The molecular formula is C13H19N3O3. The topological polar surface area (TPSA) is 93.4 Å². The van der Waals surface area contributed by atoms with Crippen LogP contribution < -0.4 is 5.32 Å². The summed E-state index contributed by atoms with van der Waals surface area (Å²) in [6, 6.07) is 2.03. The molecule has 0 aromatic carbocycles. The van der Waals surface area contributed by atoms with Gasteiger partial charge in [-0.2, -0.15) is 5.26 Å². The molecule has 0 saturated heterocycles. The zero-order chi connectivity index (χ0) is 13.9. The minimum Gasteiger partial charge on any atom is -0.481 e. The third-order valence-electron chi connectivity index (χ3n) is 4.06. The van der Waals surface area contributed by atoms with Gasteiger partial charge in [-0.1, -0.05) is 6.42 Å². The van der Waals surface area contributed by atoms with E-state index in [0.29, 0.717) is 25.8 Å². The molecule has 2 amide bonds. The molecule has 2 aliphatic rings. The van der Waals surface area contributed by atoms with Crippen LogP contribution in [0.1, 0.15) is 38.5 Å². The molecule has 0 heterocycles. The summed E-state index contributed by atoms with van der Waals surface area (Å²) in [5.41, 5.74) is -0.764. The van der Waals surface area contributed by atoms with Crippen LogP contribution in [0.25, 0.3) is 0 Å². The Kier molecular flexibility index (Phi) is 3.93. The Labute approximate surface area is 112 Å². The van der Waals surface area contributed by atoms with Gasteiger partial charge in [-0.3, -0.25) is 4.79 Å². The number of carboxylic acids is 1. The molecule has 0 aliphatic heterocycles. The number of nitriles is 1. The van der Waals surface area contributed by atoms with E-state index in [2.05, 4.69) is 5.32 Å². The van der Waals surface area contributed by atoms with Crippen molar-refractivity contribution in [2.24, 2.45) is 5.41 Å². The number of aliphatic carboxylic acids is 1. The molecule has 2 rings (SSSR count). The highest BCUT2D eigenvalue weighted by molar-refractivity contribution is 5.79. The molecule has 2 saturated carbocycles. The number of nitrogens with one attached hydrogen (secondary N) is 1. The Morgan fingerprint density at radius 2 is 2.11 bits per heavy atom. The van der Waals surface area contributed by atoms with Crippen LogP contribution in [-0.4, -0.2) is 41.1 Å². The Bertz CT molecular complexity index is 408. The van der Waals surface area contributed by atoms with Gasteiger partial charge in [0, 0.05) is 19.1 Å². The Morgan fingerprint density at radius 1 is 1.42 bits per heavy atom. The molecule has 2 aliphatic carbocycles. The summed E-state index contributed by atoms with van der Waals surface area (Å²) in [5.74, 6) is -0.825. The quantitative estimate of drug-likeness (QED) is 0.757. The van der Waals surface area contributed by atoms with Gasteiger partial charge < -0.3 is 15.3 Å². The zero-order valence-electron chi connectivity index (χ0n) is 10.9. The van der Waals surface area contributed by atoms with Crippen molar-refractivity contribution < 1.29 is 14.7 Å². The fourth-order valence-electron chi connectivity index (χ4n) is 2.42. The molecule has 2 fully saturated rings. The Hall–Kier alpha value is -1.77. The summed E-state index contributed by atoms with van der Waals surface area (Å²) in [4.78, 5) is 24.9. The second-order valence-corrected chi connectivity index (χ2v) is 5.43. The maximum absolute atomic E-state index is 12.1. The molecule has 6 heteroatoms. The molecular weight excluding hydrogens is 246 g/mol. The Balaban J connectivity index is 1.85. The number of carbonyl (C=O) groups is 2. The van der Waals surface area contributed by atoms with E-state index in [1.807, 2.05) is 6.07 Å². The fourth-order valence-corrected chi connectivity index (χ4v) is 2.42. The van der Waals surface area contributed by atoms with Crippen LogP contribution in [0.15, 0.2) is 0 Å². The minimum absolute atomic E-state index is 0.191. The summed E-state index contributed by atoms with van der Waals surface area (Å²) in [6.45, 7) is 0.615. The van der Waals surface area contributed by atoms with Crippen LogP contribution in [0.3, 0.4) is 0 Å². The van der Waals surface area contributed by atoms with Crippen molar-refractivity contribution in [3.8, 4) is 6.07 Å². The molecule has 0 unspecified atom stereocenters. The van der Waals surface area contributed by atoms with Crippen molar-refractivity contribution >= 4 is 12.0 Å². The first kappa shape index (κ1) is 13.7. The molecule has 2 N–H and O–H groups in total. The number of amides is 2. The lowest BCUT2D eigenvalue weighted by molar-refractivity contribution is -0.153. The second kappa shape index (κ2) is 5.47. The second-order valence-electron chi connectivity index (χ2n) is 5.43. The molecule has 6 nitrogen and oxygen atoms in total. The first-order valence-corrected chi connectivity index (χ1v) is 6.74. The Morgan fingerprint density at radius 3 is 2.53 bits per heavy atom. The molecule has 0 aromatic heterocycles. The van der Waals surface area contributed by atoms with Gasteiger partial charge in [0.25, 0.3) is 0 Å². The van der Waals surface area contributed by atoms with Crippen LogP contribution in [0.4, 0.5) is 4.79 Å². The van der Waals surface area contributed by atoms with Gasteiger partial charge in [-0.15, -0.1) is 0 Å². The molecule has 0 spiro atoms. The summed E-state index contributed by atoms with van der Waals surface area (Å²) in [6.07, 6.45) is 4.43. The highest BCUT2D eigenvalue weighted by Crippen LogP contribution is 2.40. The number of hydrogen-bond acceptors (Lipinski definition) is 3. The summed E-state index contributed by atoms with van der Waals surface area (Å²) >= 11 is 0. The van der Waals surface area contributed by atoms with Gasteiger partial charge in [-0.05, 0) is 25.7 Å². The number of carboxylic acid groups (broad SMARTS) is 1. The first-order chi connectivity index (χ1) is 9.09. The average Bonchev–Trinajstić information content (AvgIpc) is 3.12. The monoisotopic (exact) mass is 265 g/mol. The van der Waals surface area contributed by atoms with Gasteiger partial charge in [0.05, 0.1) is 17.9 Å². The number of carbonyl (C=O) groups excluding carboxylic acids is 1. The summed E-state index contributed by atoms with van der Waals surface area (Å²) < 4.78 is 0. The predicted octanol–water partition coefficient (Wildman–Crippen LogP) is 1.33. The van der Waals surface area contributed by atoms with Crippen molar-refractivity contribution in [2.45, 2.75) is 44.6 Å². The van der Waals surface area contributed by atoms with Crippen molar-refractivity contribution in [3.63, 3.8) is 0 Å². The molecule has 0 aromatic rings. The van der Waals surface area contributed by atoms with Crippen molar-refractivity contribution in [1.29, 1.82) is 5.26 Å². The van der Waals surface area contributed by atoms with Crippen molar-refractivity contribution in [3.05, 3.63) is 0 Å². The van der Waals surface area contributed by atoms with Gasteiger partial charge in [0.1, 0.15) is 0 Å². The van der Waals surface area contributed by atoms with E-state index in [1.54, 1.807) is 4.90 Å². The molecule has 19 heavy (non-hydrogen) atoms. The molecule has 0 radical (unpaired) electrons. The predicted molar refractivity (Wildman–Crippen MR) is 67.3 cm³/mol. The van der Waals surface area contributed by atoms with E-state index in [9.17, 15) is 14.7 Å². The number of urea groups is 1. The van der Waals surface area contributed by atoms with E-state index in [4.69, 9.17) is 5.26 Å². The van der Waals surface area contributed by atoms with Crippen molar-refractivity contribution in [2.75, 3.05) is 13.1 Å². The van der Waals surface area contributed by atoms with Crippen LogP contribution in [0.5, 0.6) is 0 Å². The number of hydrogen-bond donors (Lipinski definition) is 2. The summed E-state index contributed by atoms with van der Waals surface area (Å²) in [5, 5.41) is 20.5. The van der Waals surface area contributed by atoms with Gasteiger partial charge in [0.2, 0.25) is 0 Å². The average molecular weight is 265 g/mol. The normalized spacial score (nSPS) is 19.9. The maximum atomic E-state index is 12.1. The number of nitrogens with zero attached hydrogens (tertiary/aromatic N) is 2. The molecule has 0 atom stereocenters. The molecule has 104 valence electrons. The lowest BCUT2D eigenvalue weighted by Crippen LogP contribution is -2.51. The van der Waals surface area contributed by atoms with Crippen LogP contribution >= 0.6 is 0 Å². The van der Waals surface area contributed by atoms with Gasteiger partial charge in [0.15, 0.2) is 0 Å². The highest BCUT2D eigenvalue weighted by Gasteiger charge is 2.45. The SMILES string of the molecule is N#CCCN(C(=O)NCC1(C(=O)O)CCC1)C1CC1. The smallest absolute Gasteiger partial charge is 0.317 e. The van der Waals surface area contributed by atoms with E-state index in [-0.39, 0.29) is 18.6 Å². The summed E-state index contributed by atoms with van der Waals surface area (Å²) in [7, 11) is 0. The van der Waals surface area contributed by atoms with Gasteiger partial charge in [-0.25, -0.2) is 4.79 Å². The first-order valence-electron chi connectivity index (χ1n) is 6.74. The third kappa shape index (κ3) is 2.98. The van der Waals surface area contributed by atoms with Crippen LogP contribution in [0, 0.1) is 16.7 Å². The third-order valence-corrected chi connectivity index (χ3v) is 4.06. The van der Waals surface area contributed by atoms with E-state index in [0.717, 1.165) is 19.3 Å². The zero-order valence-corrected chi connectivity index (χ0v) is 10.9. The largest absolute Gasteiger partial charge is 0.481 e. The van der Waals surface area contributed by atoms with Crippen LogP contribution in [0.2, 0.25) is 0 Å². The fraction of sp³-hybridized carbons (Fsp3) is 0.769. The minimum atomic E-state index is -0.825. The van der Waals surface area contributed by atoms with Gasteiger partial charge >= 0.3 is 12.0 Å². The number of rotatable bonds is 6. The van der Waals surface area contributed by atoms with E-state index >= 15 is 0 Å².